The first-order valence-electron chi connectivity index (χ1n) is 5.72. The van der Waals surface area contributed by atoms with Crippen molar-refractivity contribution >= 4 is 6.47 Å². The highest BCUT2D eigenvalue weighted by Gasteiger charge is 2.79. The standard InChI is InChI=1S/C13H12F6O2/c1-10(2,21-8-20)11(12(14,15)16,13(17,18)19)9-6-4-3-5-7-9/h3-8H,1-2H3. The van der Waals surface area contributed by atoms with Crippen LogP contribution < -0.4 is 0 Å². The Hall–Kier alpha value is -1.73. The summed E-state index contributed by atoms with van der Waals surface area (Å²) in [6.07, 6.45) is -11.4. The lowest BCUT2D eigenvalue weighted by molar-refractivity contribution is -0.342. The summed E-state index contributed by atoms with van der Waals surface area (Å²) in [7, 11) is 0. The summed E-state index contributed by atoms with van der Waals surface area (Å²) in [5, 5.41) is 0. The van der Waals surface area contributed by atoms with E-state index in [1.807, 2.05) is 0 Å². The molecule has 2 nitrogen and oxygen atoms in total. The molecular formula is C13H12F6O2. The second-order valence-electron chi connectivity index (χ2n) is 4.84. The van der Waals surface area contributed by atoms with Crippen LogP contribution in [0.2, 0.25) is 0 Å². The molecule has 0 amide bonds. The van der Waals surface area contributed by atoms with E-state index in [1.165, 1.54) is 6.07 Å². The maximum Gasteiger partial charge on any atom is 0.411 e. The quantitative estimate of drug-likeness (QED) is 0.620. The lowest BCUT2D eigenvalue weighted by Gasteiger charge is -2.46. The van der Waals surface area contributed by atoms with Crippen molar-refractivity contribution in [2.24, 2.45) is 0 Å². The molecule has 0 bridgehead atoms. The smallest absolute Gasteiger partial charge is 0.411 e. The average Bonchev–Trinajstić information content (AvgIpc) is 2.26. The van der Waals surface area contributed by atoms with Crippen molar-refractivity contribution in [3.8, 4) is 0 Å². The van der Waals surface area contributed by atoms with Gasteiger partial charge in [-0.15, -0.1) is 0 Å². The van der Waals surface area contributed by atoms with E-state index in [0.717, 1.165) is 12.1 Å². The predicted octanol–water partition coefficient (Wildman–Crippen LogP) is 4.00. The Kier molecular flexibility index (Phi) is 4.32. The molecule has 0 aliphatic heterocycles. The molecule has 118 valence electrons. The summed E-state index contributed by atoms with van der Waals surface area (Å²) in [5.74, 6) is 0. The highest BCUT2D eigenvalue weighted by Crippen LogP contribution is 2.58. The number of hydrogen-bond donors (Lipinski definition) is 0. The SMILES string of the molecule is CC(C)(OC=O)C(c1ccccc1)(C(F)(F)F)C(F)(F)F. The lowest BCUT2D eigenvalue weighted by atomic mass is 9.67. The fourth-order valence-electron chi connectivity index (χ4n) is 2.42. The van der Waals surface area contributed by atoms with Crippen LogP contribution in [0, 0.1) is 0 Å². The van der Waals surface area contributed by atoms with E-state index in [1.54, 1.807) is 0 Å². The zero-order valence-corrected chi connectivity index (χ0v) is 11.0. The minimum Gasteiger partial charge on any atom is -0.460 e. The molecular weight excluding hydrogens is 302 g/mol. The maximum atomic E-state index is 13.5. The molecule has 1 aromatic rings. The third-order valence-electron chi connectivity index (χ3n) is 3.30. The van der Waals surface area contributed by atoms with Crippen molar-refractivity contribution < 1.29 is 35.9 Å². The normalized spacial score (nSPS) is 13.9. The van der Waals surface area contributed by atoms with Crippen molar-refractivity contribution in [3.05, 3.63) is 35.9 Å². The Labute approximate surface area is 116 Å². The molecule has 0 aliphatic carbocycles. The molecule has 0 aromatic heterocycles. The van der Waals surface area contributed by atoms with Gasteiger partial charge in [0.2, 0.25) is 5.41 Å². The van der Waals surface area contributed by atoms with Crippen LogP contribution in [0.5, 0.6) is 0 Å². The molecule has 0 saturated heterocycles. The number of ether oxygens (including phenoxy) is 1. The highest BCUT2D eigenvalue weighted by atomic mass is 19.4. The molecule has 1 rings (SSSR count). The Morgan fingerprint density at radius 2 is 1.33 bits per heavy atom. The van der Waals surface area contributed by atoms with Crippen LogP contribution in [0.1, 0.15) is 19.4 Å². The maximum absolute atomic E-state index is 13.5. The van der Waals surface area contributed by atoms with Gasteiger partial charge in [0.1, 0.15) is 5.60 Å². The van der Waals surface area contributed by atoms with Gasteiger partial charge in [0.25, 0.3) is 6.47 Å². The largest absolute Gasteiger partial charge is 0.460 e. The third-order valence-corrected chi connectivity index (χ3v) is 3.30. The fraction of sp³-hybridized carbons (Fsp3) is 0.462. The van der Waals surface area contributed by atoms with E-state index in [2.05, 4.69) is 4.74 Å². The van der Waals surface area contributed by atoms with Crippen LogP contribution >= 0.6 is 0 Å². The van der Waals surface area contributed by atoms with Crippen LogP contribution in [-0.2, 0) is 14.9 Å². The Balaban J connectivity index is 3.81. The van der Waals surface area contributed by atoms with E-state index in [9.17, 15) is 31.1 Å². The second-order valence-corrected chi connectivity index (χ2v) is 4.84. The number of benzene rings is 1. The highest BCUT2D eigenvalue weighted by molar-refractivity contribution is 5.42. The predicted molar refractivity (Wildman–Crippen MR) is 61.5 cm³/mol. The van der Waals surface area contributed by atoms with Crippen LogP contribution in [-0.4, -0.2) is 24.4 Å². The van der Waals surface area contributed by atoms with E-state index in [0.29, 0.717) is 26.0 Å². The summed E-state index contributed by atoms with van der Waals surface area (Å²) < 4.78 is 84.9. The van der Waals surface area contributed by atoms with Gasteiger partial charge in [0.05, 0.1) is 0 Å². The van der Waals surface area contributed by atoms with Crippen LogP contribution in [0.25, 0.3) is 0 Å². The summed E-state index contributed by atoms with van der Waals surface area (Å²) in [6, 6.07) is 4.81. The zero-order chi connectivity index (χ0) is 16.5. The Bertz CT molecular complexity index is 476. The first kappa shape index (κ1) is 17.3. The van der Waals surface area contributed by atoms with Gasteiger partial charge >= 0.3 is 12.4 Å². The van der Waals surface area contributed by atoms with Gasteiger partial charge in [-0.3, -0.25) is 4.79 Å². The van der Waals surface area contributed by atoms with Gasteiger partial charge in [-0.2, -0.15) is 26.3 Å². The molecule has 21 heavy (non-hydrogen) atoms. The molecule has 0 N–H and O–H groups in total. The minimum atomic E-state index is -5.72. The lowest BCUT2D eigenvalue weighted by Crippen LogP contribution is -2.66. The third kappa shape index (κ3) is 2.58. The van der Waals surface area contributed by atoms with Gasteiger partial charge < -0.3 is 4.74 Å². The monoisotopic (exact) mass is 314 g/mol. The molecule has 0 saturated carbocycles. The molecule has 0 radical (unpaired) electrons. The number of carbonyl (C=O) groups is 1. The first-order valence-corrected chi connectivity index (χ1v) is 5.72. The van der Waals surface area contributed by atoms with Crippen LogP contribution in [0.15, 0.2) is 30.3 Å². The molecule has 0 heterocycles. The van der Waals surface area contributed by atoms with E-state index in [4.69, 9.17) is 0 Å². The number of rotatable bonds is 4. The van der Waals surface area contributed by atoms with Crippen molar-refractivity contribution in [2.45, 2.75) is 37.2 Å². The van der Waals surface area contributed by atoms with Crippen molar-refractivity contribution in [1.29, 1.82) is 0 Å². The van der Waals surface area contributed by atoms with Crippen molar-refractivity contribution in [3.63, 3.8) is 0 Å². The summed E-state index contributed by atoms with van der Waals surface area (Å²) in [4.78, 5) is 10.4. The van der Waals surface area contributed by atoms with E-state index >= 15 is 0 Å². The number of hydrogen-bond acceptors (Lipinski definition) is 2. The van der Waals surface area contributed by atoms with Gasteiger partial charge in [0, 0.05) is 0 Å². The topological polar surface area (TPSA) is 26.3 Å². The summed E-state index contributed by atoms with van der Waals surface area (Å²) in [6.45, 7) is 0.736. The molecule has 8 heteroatoms. The van der Waals surface area contributed by atoms with Crippen LogP contribution in [0.3, 0.4) is 0 Å². The molecule has 0 aliphatic rings. The Morgan fingerprint density at radius 3 is 1.67 bits per heavy atom. The molecule has 0 atom stereocenters. The summed E-state index contributed by atoms with van der Waals surface area (Å²) >= 11 is 0. The fourth-order valence-corrected chi connectivity index (χ4v) is 2.42. The molecule has 0 unspecified atom stereocenters. The average molecular weight is 314 g/mol. The zero-order valence-electron chi connectivity index (χ0n) is 11.0. The summed E-state index contributed by atoms with van der Waals surface area (Å²) in [5.41, 5.74) is -8.27. The van der Waals surface area contributed by atoms with Gasteiger partial charge in [0.15, 0.2) is 0 Å². The number of carbonyl (C=O) groups excluding carboxylic acids is 1. The van der Waals surface area contributed by atoms with Crippen LogP contribution in [0.4, 0.5) is 26.3 Å². The molecule has 0 spiro atoms. The van der Waals surface area contributed by atoms with Gasteiger partial charge in [-0.05, 0) is 19.4 Å². The van der Waals surface area contributed by atoms with E-state index < -0.39 is 35.4 Å². The first-order chi connectivity index (χ1) is 9.42. The number of alkyl halides is 6. The minimum absolute atomic E-state index is 0.421. The van der Waals surface area contributed by atoms with Crippen molar-refractivity contribution in [2.75, 3.05) is 0 Å². The van der Waals surface area contributed by atoms with Gasteiger partial charge in [-0.25, -0.2) is 0 Å². The second kappa shape index (κ2) is 5.23. The molecule has 0 fully saturated rings. The van der Waals surface area contributed by atoms with Crippen molar-refractivity contribution in [1.82, 2.24) is 0 Å². The number of halogens is 6. The van der Waals surface area contributed by atoms with Gasteiger partial charge in [-0.1, -0.05) is 30.3 Å². The van der Waals surface area contributed by atoms with E-state index in [-0.39, 0.29) is 0 Å². The Morgan fingerprint density at radius 1 is 0.905 bits per heavy atom. The molecule has 1 aromatic carbocycles.